The Kier molecular flexibility index (Phi) is 11.0. The van der Waals surface area contributed by atoms with E-state index in [1.165, 1.54) is 77.4 Å². The second-order valence-corrected chi connectivity index (χ2v) is 20.2. The van der Waals surface area contributed by atoms with Crippen molar-refractivity contribution in [3.8, 4) is 78.2 Å². The van der Waals surface area contributed by atoms with Gasteiger partial charge in [0.2, 0.25) is 0 Å². The van der Waals surface area contributed by atoms with Crippen molar-refractivity contribution in [1.82, 2.24) is 4.57 Å². The van der Waals surface area contributed by atoms with Gasteiger partial charge in [-0.15, -0.1) is 0 Å². The zero-order valence-corrected chi connectivity index (χ0v) is 42.1. The smallest absolute Gasteiger partial charge is 0.135 e. The monoisotopic (exact) mass is 972 g/mol. The van der Waals surface area contributed by atoms with Gasteiger partial charge in [-0.1, -0.05) is 224 Å². The van der Waals surface area contributed by atoms with Crippen LogP contribution in [0.25, 0.3) is 94.3 Å². The molecule has 0 bridgehead atoms. The van der Waals surface area contributed by atoms with Crippen molar-refractivity contribution in [2.75, 3.05) is 4.90 Å². The largest absolute Gasteiger partial charge is 0.482 e. The van der Waals surface area contributed by atoms with Crippen LogP contribution in [-0.4, -0.2) is 10.2 Å². The Bertz CT molecular complexity index is 4040. The van der Waals surface area contributed by atoms with E-state index in [9.17, 15) is 0 Å². The van der Waals surface area contributed by atoms with Crippen LogP contribution in [0.1, 0.15) is 18.4 Å². The standard InChI is InChI=1S/C73H52N2O/c1-73-48-13-12-26-65(73)72-69(30-16-31-70(72)76-73)75-67-28-11-9-24-64(67)71-63(25-15-29-68(71)75)59-22-14-21-58(49-59)62-23-8-10-27-66(62)74(60-44-40-56(41-45-60)54-36-32-52(33-37-54)50-17-4-2-5-18-50)61-46-42-57(43-47-61)55-38-34-53(35-39-55)51-19-6-3-7-20-51/h2-49,65H,1H3. The molecule has 360 valence electrons. The predicted molar refractivity (Wildman–Crippen MR) is 318 cm³/mol. The molecule has 1 aromatic heterocycles. The number of para-hydroxylation sites is 2. The van der Waals surface area contributed by atoms with Crippen LogP contribution < -0.4 is 9.64 Å². The zero-order chi connectivity index (χ0) is 50.6. The van der Waals surface area contributed by atoms with Crippen LogP contribution in [0.5, 0.6) is 5.75 Å². The molecule has 3 nitrogen and oxygen atoms in total. The predicted octanol–water partition coefficient (Wildman–Crippen LogP) is 19.6. The van der Waals surface area contributed by atoms with Gasteiger partial charge in [0.05, 0.1) is 28.3 Å². The Balaban J connectivity index is 0.863. The fourth-order valence-corrected chi connectivity index (χ4v) is 11.9. The highest BCUT2D eigenvalue weighted by atomic mass is 16.5. The maximum absolute atomic E-state index is 6.72. The van der Waals surface area contributed by atoms with E-state index in [4.69, 9.17) is 4.74 Å². The molecule has 0 fully saturated rings. The number of fused-ring (bicyclic) bond motifs is 6. The topological polar surface area (TPSA) is 17.4 Å². The van der Waals surface area contributed by atoms with Crippen LogP contribution in [0.3, 0.4) is 0 Å². The average molecular weight is 973 g/mol. The van der Waals surface area contributed by atoms with E-state index in [2.05, 4.69) is 308 Å². The van der Waals surface area contributed by atoms with E-state index in [1.54, 1.807) is 0 Å². The number of allylic oxidation sites excluding steroid dienone is 2. The Morgan fingerprint density at radius 3 is 1.47 bits per heavy atom. The van der Waals surface area contributed by atoms with Crippen LogP contribution in [-0.2, 0) is 0 Å². The lowest BCUT2D eigenvalue weighted by Crippen LogP contribution is -2.32. The number of rotatable bonds is 10. The lowest BCUT2D eigenvalue weighted by atomic mass is 9.82. The third-order valence-corrected chi connectivity index (χ3v) is 15.6. The van der Waals surface area contributed by atoms with Crippen molar-refractivity contribution in [3.05, 3.63) is 297 Å². The minimum absolute atomic E-state index is 0.102. The van der Waals surface area contributed by atoms with Crippen LogP contribution >= 0.6 is 0 Å². The summed E-state index contributed by atoms with van der Waals surface area (Å²) in [5.41, 5.74) is 21.7. The van der Waals surface area contributed by atoms with Crippen LogP contribution in [0.15, 0.2) is 291 Å². The van der Waals surface area contributed by atoms with E-state index in [0.29, 0.717) is 0 Å². The van der Waals surface area contributed by atoms with Gasteiger partial charge in [-0.25, -0.2) is 0 Å². The van der Waals surface area contributed by atoms with Crippen molar-refractivity contribution < 1.29 is 4.74 Å². The summed E-state index contributed by atoms with van der Waals surface area (Å²) < 4.78 is 9.18. The molecule has 0 saturated carbocycles. The Labute approximate surface area is 444 Å². The summed E-state index contributed by atoms with van der Waals surface area (Å²) in [6.45, 7) is 2.20. The summed E-state index contributed by atoms with van der Waals surface area (Å²) in [7, 11) is 0. The highest BCUT2D eigenvalue weighted by Gasteiger charge is 2.44. The molecule has 1 aliphatic carbocycles. The molecular formula is C73H52N2O. The lowest BCUT2D eigenvalue weighted by Gasteiger charge is -2.28. The minimum atomic E-state index is -0.428. The summed E-state index contributed by atoms with van der Waals surface area (Å²) in [5, 5.41) is 2.45. The first-order valence-corrected chi connectivity index (χ1v) is 26.3. The molecule has 12 aromatic rings. The molecule has 11 aromatic carbocycles. The molecular weight excluding hydrogens is 921 g/mol. The number of ether oxygens (including phenoxy) is 1. The third-order valence-electron chi connectivity index (χ3n) is 15.6. The maximum Gasteiger partial charge on any atom is 0.135 e. The number of anilines is 3. The van der Waals surface area contributed by atoms with Crippen LogP contribution in [0.2, 0.25) is 0 Å². The van der Waals surface area contributed by atoms with Gasteiger partial charge in [0, 0.05) is 33.3 Å². The SMILES string of the molecule is CC12C=CC=CC1c1c(cccc1-n1c3ccccc3c3c(-c4cccc(-c5ccccc5N(c5ccc(-c6ccc(-c7ccccc7)cc6)cc5)c5ccc(-c6ccc(-c7ccccc7)cc6)cc5)c4)cccc31)O2. The average Bonchev–Trinajstić information content (AvgIpc) is 4.01. The van der Waals surface area contributed by atoms with Gasteiger partial charge < -0.3 is 14.2 Å². The molecule has 2 heterocycles. The molecule has 76 heavy (non-hydrogen) atoms. The number of nitrogens with zero attached hydrogens (tertiary/aromatic N) is 2. The number of benzene rings is 11. The number of hydrogen-bond donors (Lipinski definition) is 0. The zero-order valence-electron chi connectivity index (χ0n) is 42.1. The number of hydrogen-bond acceptors (Lipinski definition) is 2. The molecule has 2 aliphatic rings. The molecule has 3 heteroatoms. The van der Waals surface area contributed by atoms with E-state index in [0.717, 1.165) is 45.2 Å². The molecule has 2 atom stereocenters. The normalized spacial score (nSPS) is 15.4. The van der Waals surface area contributed by atoms with Crippen molar-refractivity contribution >= 4 is 38.9 Å². The quantitative estimate of drug-likeness (QED) is 0.136. The second-order valence-electron chi connectivity index (χ2n) is 20.2. The number of aromatic nitrogens is 1. The van der Waals surface area contributed by atoms with Gasteiger partial charge in [0.25, 0.3) is 0 Å². The molecule has 0 saturated heterocycles. The first kappa shape index (κ1) is 45.0. The first-order chi connectivity index (χ1) is 37.5. The van der Waals surface area contributed by atoms with Crippen molar-refractivity contribution in [1.29, 1.82) is 0 Å². The summed E-state index contributed by atoms with van der Waals surface area (Å²) >= 11 is 0. The molecule has 2 unspecified atom stereocenters. The molecule has 0 radical (unpaired) electrons. The lowest BCUT2D eigenvalue weighted by molar-refractivity contribution is 0.155. The summed E-state index contributed by atoms with van der Waals surface area (Å²) in [4.78, 5) is 2.41. The Morgan fingerprint density at radius 2 is 0.855 bits per heavy atom. The van der Waals surface area contributed by atoms with Gasteiger partial charge in [0.1, 0.15) is 11.4 Å². The molecule has 0 N–H and O–H groups in total. The van der Waals surface area contributed by atoms with E-state index < -0.39 is 5.60 Å². The van der Waals surface area contributed by atoms with Crippen molar-refractivity contribution in [3.63, 3.8) is 0 Å². The minimum Gasteiger partial charge on any atom is -0.482 e. The van der Waals surface area contributed by atoms with Crippen LogP contribution in [0.4, 0.5) is 17.1 Å². The van der Waals surface area contributed by atoms with Gasteiger partial charge in [-0.2, -0.15) is 0 Å². The second kappa shape index (κ2) is 18.7. The molecule has 14 rings (SSSR count). The highest BCUT2D eigenvalue weighted by Crippen LogP contribution is 2.52. The van der Waals surface area contributed by atoms with E-state index >= 15 is 0 Å². The van der Waals surface area contributed by atoms with E-state index in [1.807, 2.05) is 0 Å². The first-order valence-electron chi connectivity index (χ1n) is 26.3. The fourth-order valence-electron chi connectivity index (χ4n) is 11.9. The molecule has 0 spiro atoms. The highest BCUT2D eigenvalue weighted by molar-refractivity contribution is 6.16. The Hall–Kier alpha value is -9.70. The van der Waals surface area contributed by atoms with Crippen molar-refractivity contribution in [2.45, 2.75) is 18.4 Å². The fraction of sp³-hybridized carbons (Fsp3) is 0.0411. The van der Waals surface area contributed by atoms with Gasteiger partial charge in [0.15, 0.2) is 0 Å². The molecule has 0 amide bonds. The van der Waals surface area contributed by atoms with E-state index in [-0.39, 0.29) is 5.92 Å². The van der Waals surface area contributed by atoms with Crippen LogP contribution in [0, 0.1) is 0 Å². The molecule has 1 aliphatic heterocycles. The summed E-state index contributed by atoms with van der Waals surface area (Å²) in [5.74, 6) is 1.05. The van der Waals surface area contributed by atoms with Gasteiger partial charge in [-0.05, 0) is 135 Å². The van der Waals surface area contributed by atoms with Crippen molar-refractivity contribution in [2.24, 2.45) is 0 Å². The maximum atomic E-state index is 6.72. The van der Waals surface area contributed by atoms with Gasteiger partial charge >= 0.3 is 0 Å². The van der Waals surface area contributed by atoms with Gasteiger partial charge in [-0.3, -0.25) is 0 Å². The summed E-state index contributed by atoms with van der Waals surface area (Å²) in [6, 6.07) is 97.0. The Morgan fingerprint density at radius 1 is 0.395 bits per heavy atom. The third kappa shape index (κ3) is 7.84. The summed E-state index contributed by atoms with van der Waals surface area (Å²) in [6.07, 6.45) is 8.75.